The topological polar surface area (TPSA) is 110 Å². The maximum absolute atomic E-state index is 13.2. The molecular weight excluding hydrogens is 511 g/mol. The molecule has 0 bridgehead atoms. The van der Waals surface area contributed by atoms with Crippen molar-refractivity contribution in [2.75, 3.05) is 79.3 Å². The molecule has 1 heterocycles. The van der Waals surface area contributed by atoms with Crippen LogP contribution in [0.15, 0.2) is 15.8 Å². The predicted octanol–water partition coefficient (Wildman–Crippen LogP) is 3.70. The largest absolute Gasteiger partial charge is 0.379 e. The van der Waals surface area contributed by atoms with Gasteiger partial charge in [-0.1, -0.05) is 64.7 Å². The number of H-pyrrole nitrogens is 1. The first-order chi connectivity index (χ1) is 19.1. The molecule has 0 fully saturated rings. The highest BCUT2D eigenvalue weighted by atomic mass is 19.1. The Bertz CT molecular complexity index is 790. The van der Waals surface area contributed by atoms with Crippen molar-refractivity contribution in [1.82, 2.24) is 9.55 Å². The molecule has 0 atom stereocenters. The van der Waals surface area contributed by atoms with E-state index in [1.54, 1.807) is 0 Å². The molecule has 1 aromatic rings. The van der Waals surface area contributed by atoms with E-state index in [0.717, 1.165) is 23.8 Å². The summed E-state index contributed by atoms with van der Waals surface area (Å²) in [5.74, 6) is -1.01. The van der Waals surface area contributed by atoms with Crippen molar-refractivity contribution in [3.63, 3.8) is 0 Å². The van der Waals surface area contributed by atoms with E-state index in [2.05, 4.69) is 6.92 Å². The van der Waals surface area contributed by atoms with Crippen LogP contribution in [0, 0.1) is 5.82 Å². The minimum absolute atomic E-state index is 0.133. The van der Waals surface area contributed by atoms with Crippen molar-refractivity contribution < 1.29 is 32.8 Å². The number of halogens is 1. The second kappa shape index (κ2) is 26.6. The van der Waals surface area contributed by atoms with Gasteiger partial charge < -0.3 is 28.4 Å². The molecule has 0 aromatic carbocycles. The van der Waals surface area contributed by atoms with E-state index >= 15 is 0 Å². The van der Waals surface area contributed by atoms with E-state index in [4.69, 9.17) is 28.4 Å². The number of rotatable bonds is 29. The zero-order valence-electron chi connectivity index (χ0n) is 23.9. The van der Waals surface area contributed by atoms with Gasteiger partial charge in [0.25, 0.3) is 5.56 Å². The molecule has 0 aliphatic carbocycles. The summed E-state index contributed by atoms with van der Waals surface area (Å²) in [5.41, 5.74) is -1.70. The highest BCUT2D eigenvalue weighted by Crippen LogP contribution is 2.10. The number of nitrogens with one attached hydrogen (secondary N) is 1. The van der Waals surface area contributed by atoms with Crippen LogP contribution in [-0.2, 0) is 35.0 Å². The van der Waals surface area contributed by atoms with Crippen LogP contribution in [0.4, 0.5) is 4.39 Å². The van der Waals surface area contributed by atoms with Gasteiger partial charge in [0.2, 0.25) is 5.82 Å². The van der Waals surface area contributed by atoms with Crippen LogP contribution < -0.4 is 11.2 Å². The van der Waals surface area contributed by atoms with Gasteiger partial charge in [-0.25, -0.2) is 4.79 Å². The normalized spacial score (nSPS) is 11.4. The predicted molar refractivity (Wildman–Crippen MR) is 148 cm³/mol. The van der Waals surface area contributed by atoms with Crippen molar-refractivity contribution in [3.05, 3.63) is 32.9 Å². The Kier molecular flexibility index (Phi) is 24.1. The Hall–Kier alpha value is -1.63. The molecule has 0 saturated heterocycles. The van der Waals surface area contributed by atoms with Gasteiger partial charge in [0.15, 0.2) is 0 Å². The lowest BCUT2D eigenvalue weighted by molar-refractivity contribution is -0.0171. The molecule has 0 spiro atoms. The molecule has 1 aromatic heterocycles. The van der Waals surface area contributed by atoms with E-state index in [-0.39, 0.29) is 13.2 Å². The summed E-state index contributed by atoms with van der Waals surface area (Å²) in [6.07, 6.45) is 14.2. The van der Waals surface area contributed by atoms with Crippen LogP contribution in [0.2, 0.25) is 0 Å². The van der Waals surface area contributed by atoms with Gasteiger partial charge in [-0.15, -0.1) is 0 Å². The first-order valence-electron chi connectivity index (χ1n) is 14.6. The van der Waals surface area contributed by atoms with Crippen molar-refractivity contribution in [1.29, 1.82) is 0 Å². The SMILES string of the molecule is CCCCCCCCCCCCOCCOCCOCCOCCOCCOCCn1cc(F)c(=O)[nH]c1=O. The highest BCUT2D eigenvalue weighted by Gasteiger charge is 2.03. The fraction of sp³-hybridized carbons (Fsp3) is 0.857. The number of aromatic amines is 1. The Labute approximate surface area is 232 Å². The van der Waals surface area contributed by atoms with Crippen molar-refractivity contribution >= 4 is 0 Å². The molecule has 0 aliphatic heterocycles. The second-order valence-corrected chi connectivity index (χ2v) is 9.29. The summed E-state index contributed by atoms with van der Waals surface area (Å²) in [6.45, 7) is 8.21. The quantitative estimate of drug-likeness (QED) is 0.147. The lowest BCUT2D eigenvalue weighted by Gasteiger charge is -2.09. The molecule has 0 radical (unpaired) electrons. The van der Waals surface area contributed by atoms with Gasteiger partial charge in [-0.05, 0) is 6.42 Å². The van der Waals surface area contributed by atoms with Crippen LogP contribution in [-0.4, -0.2) is 88.8 Å². The molecule has 10 nitrogen and oxygen atoms in total. The molecule has 39 heavy (non-hydrogen) atoms. The van der Waals surface area contributed by atoms with Crippen LogP contribution in [0.3, 0.4) is 0 Å². The minimum atomic E-state index is -1.03. The molecular formula is C28H51FN2O8. The molecule has 0 unspecified atom stereocenters. The third kappa shape index (κ3) is 21.8. The molecule has 0 saturated carbocycles. The first kappa shape index (κ1) is 35.4. The number of aromatic nitrogens is 2. The molecule has 1 rings (SSSR count). The monoisotopic (exact) mass is 562 g/mol. The summed E-state index contributed by atoms with van der Waals surface area (Å²) < 4.78 is 47.0. The Morgan fingerprint density at radius 1 is 0.590 bits per heavy atom. The molecule has 11 heteroatoms. The number of nitrogens with zero attached hydrogens (tertiary/aromatic N) is 1. The van der Waals surface area contributed by atoms with Gasteiger partial charge in [0.05, 0.1) is 85.4 Å². The number of hydrogen-bond donors (Lipinski definition) is 1. The average molecular weight is 563 g/mol. The van der Waals surface area contributed by atoms with Gasteiger partial charge >= 0.3 is 5.69 Å². The van der Waals surface area contributed by atoms with E-state index in [0.29, 0.717) is 66.1 Å². The zero-order valence-corrected chi connectivity index (χ0v) is 23.9. The summed E-state index contributed by atoms with van der Waals surface area (Å²) in [4.78, 5) is 24.4. The maximum Gasteiger partial charge on any atom is 0.328 e. The van der Waals surface area contributed by atoms with E-state index in [1.807, 2.05) is 4.98 Å². The summed E-state index contributed by atoms with van der Waals surface area (Å²) >= 11 is 0. The van der Waals surface area contributed by atoms with Gasteiger partial charge in [-0.3, -0.25) is 14.3 Å². The average Bonchev–Trinajstić information content (AvgIpc) is 2.93. The number of hydrogen-bond acceptors (Lipinski definition) is 8. The third-order valence-electron chi connectivity index (χ3n) is 5.95. The van der Waals surface area contributed by atoms with Crippen molar-refractivity contribution in [2.45, 2.75) is 77.7 Å². The fourth-order valence-electron chi connectivity index (χ4n) is 3.70. The lowest BCUT2D eigenvalue weighted by Crippen LogP contribution is -2.32. The van der Waals surface area contributed by atoms with Crippen LogP contribution in [0.5, 0.6) is 0 Å². The zero-order chi connectivity index (χ0) is 28.2. The summed E-state index contributed by atoms with van der Waals surface area (Å²) in [6, 6.07) is 0. The molecule has 228 valence electrons. The number of ether oxygens (including phenoxy) is 6. The molecule has 1 N–H and O–H groups in total. The van der Waals surface area contributed by atoms with Gasteiger partial charge in [0.1, 0.15) is 0 Å². The van der Waals surface area contributed by atoms with Crippen LogP contribution in [0.1, 0.15) is 71.1 Å². The van der Waals surface area contributed by atoms with E-state index in [9.17, 15) is 14.0 Å². The fourth-order valence-corrected chi connectivity index (χ4v) is 3.70. The summed E-state index contributed by atoms with van der Waals surface area (Å²) in [7, 11) is 0. The Morgan fingerprint density at radius 3 is 1.44 bits per heavy atom. The first-order valence-corrected chi connectivity index (χ1v) is 14.6. The van der Waals surface area contributed by atoms with Gasteiger partial charge in [0, 0.05) is 6.61 Å². The van der Waals surface area contributed by atoms with E-state index in [1.165, 1.54) is 57.8 Å². The maximum atomic E-state index is 13.2. The van der Waals surface area contributed by atoms with Crippen molar-refractivity contribution in [2.24, 2.45) is 0 Å². The second-order valence-electron chi connectivity index (χ2n) is 9.29. The standard InChI is InChI=1S/C28H51FN2O8/c1-2-3-4-5-6-7-8-9-10-11-13-34-15-17-36-19-21-38-23-24-39-22-20-37-18-16-35-14-12-31-25-26(29)27(32)30-28(31)33/h25H,2-24H2,1H3,(H,30,32,33). The van der Waals surface area contributed by atoms with E-state index < -0.39 is 17.1 Å². The minimum Gasteiger partial charge on any atom is -0.379 e. The highest BCUT2D eigenvalue weighted by molar-refractivity contribution is 4.86. The summed E-state index contributed by atoms with van der Waals surface area (Å²) in [5, 5.41) is 0. The lowest BCUT2D eigenvalue weighted by atomic mass is 10.1. The Balaban J connectivity index is 1.70. The van der Waals surface area contributed by atoms with Crippen molar-refractivity contribution in [3.8, 4) is 0 Å². The third-order valence-corrected chi connectivity index (χ3v) is 5.95. The molecule has 0 aliphatic rings. The molecule has 0 amide bonds. The van der Waals surface area contributed by atoms with Gasteiger partial charge in [-0.2, -0.15) is 4.39 Å². The van der Waals surface area contributed by atoms with Crippen LogP contribution >= 0.6 is 0 Å². The smallest absolute Gasteiger partial charge is 0.328 e. The van der Waals surface area contributed by atoms with Crippen LogP contribution in [0.25, 0.3) is 0 Å². The number of unbranched alkanes of at least 4 members (excludes halogenated alkanes) is 9. The Morgan fingerprint density at radius 2 is 0.974 bits per heavy atom.